The van der Waals surface area contributed by atoms with Crippen molar-refractivity contribution >= 4 is 39.4 Å². The van der Waals surface area contributed by atoms with Crippen LogP contribution < -0.4 is 4.90 Å². The van der Waals surface area contributed by atoms with Crippen molar-refractivity contribution in [3.05, 3.63) is 21.8 Å². The molecule has 1 fully saturated rings. The molecule has 0 unspecified atom stereocenters. The second-order valence-corrected chi connectivity index (χ2v) is 7.72. The largest absolute Gasteiger partial charge is 0.444 e. The quantitative estimate of drug-likeness (QED) is 0.728. The standard InChI is InChI=1S/C15H21BrClN3O2/c1-10-9-19(13-12(16)7-11(17)8-18-13)5-6-20(10)14(21)22-15(2,3)4/h7-8,10H,5-6,9H2,1-4H3/t10-/m0/s1. The van der Waals surface area contributed by atoms with E-state index in [1.54, 1.807) is 11.1 Å². The van der Waals surface area contributed by atoms with Gasteiger partial charge in [-0.1, -0.05) is 11.6 Å². The van der Waals surface area contributed by atoms with E-state index in [4.69, 9.17) is 16.3 Å². The third-order valence-corrected chi connectivity index (χ3v) is 4.13. The number of rotatable bonds is 1. The van der Waals surface area contributed by atoms with E-state index < -0.39 is 5.60 Å². The Morgan fingerprint density at radius 3 is 2.68 bits per heavy atom. The Bertz CT molecular complexity index is 562. The van der Waals surface area contributed by atoms with Crippen molar-refractivity contribution in [3.8, 4) is 0 Å². The molecule has 0 N–H and O–H groups in total. The number of hydrogen-bond acceptors (Lipinski definition) is 4. The number of anilines is 1. The Hall–Kier alpha value is -1.01. The summed E-state index contributed by atoms with van der Waals surface area (Å²) < 4.78 is 6.31. The van der Waals surface area contributed by atoms with Gasteiger partial charge in [0, 0.05) is 31.9 Å². The average molecular weight is 391 g/mol. The fourth-order valence-corrected chi connectivity index (χ4v) is 3.27. The van der Waals surface area contributed by atoms with Crippen molar-refractivity contribution in [1.82, 2.24) is 9.88 Å². The number of nitrogens with zero attached hydrogens (tertiary/aromatic N) is 3. The molecular formula is C15H21BrClN3O2. The molecule has 1 aliphatic heterocycles. The van der Waals surface area contributed by atoms with Gasteiger partial charge < -0.3 is 14.5 Å². The lowest BCUT2D eigenvalue weighted by Crippen LogP contribution is -2.55. The molecule has 0 bridgehead atoms. The first kappa shape index (κ1) is 17.3. The monoisotopic (exact) mass is 389 g/mol. The average Bonchev–Trinajstić information content (AvgIpc) is 2.36. The predicted octanol–water partition coefficient (Wildman–Crippen LogP) is 3.94. The summed E-state index contributed by atoms with van der Waals surface area (Å²) in [5.41, 5.74) is -0.477. The lowest BCUT2D eigenvalue weighted by Gasteiger charge is -2.40. The highest BCUT2D eigenvalue weighted by atomic mass is 79.9. The Morgan fingerprint density at radius 2 is 2.14 bits per heavy atom. The molecule has 2 rings (SSSR count). The van der Waals surface area contributed by atoms with Crippen LogP contribution >= 0.6 is 27.5 Å². The van der Waals surface area contributed by atoms with Gasteiger partial charge in [-0.25, -0.2) is 9.78 Å². The van der Waals surface area contributed by atoms with E-state index >= 15 is 0 Å². The van der Waals surface area contributed by atoms with Gasteiger partial charge in [-0.05, 0) is 49.7 Å². The molecule has 1 aromatic heterocycles. The van der Waals surface area contributed by atoms with Crippen LogP contribution in [0.1, 0.15) is 27.7 Å². The van der Waals surface area contributed by atoms with Crippen LogP contribution in [0, 0.1) is 0 Å². The highest BCUT2D eigenvalue weighted by Gasteiger charge is 2.31. The molecule has 7 heteroatoms. The number of carbonyl (C=O) groups excluding carboxylic acids is 1. The van der Waals surface area contributed by atoms with Gasteiger partial charge in [0.15, 0.2) is 0 Å². The summed E-state index contributed by atoms with van der Waals surface area (Å²) in [6.07, 6.45) is 1.37. The molecular weight excluding hydrogens is 370 g/mol. The van der Waals surface area contributed by atoms with Crippen molar-refractivity contribution in [2.45, 2.75) is 39.3 Å². The number of ether oxygens (including phenoxy) is 1. The Labute approximate surface area is 144 Å². The second-order valence-electron chi connectivity index (χ2n) is 6.43. The zero-order chi connectivity index (χ0) is 16.5. The predicted molar refractivity (Wildman–Crippen MR) is 91.6 cm³/mol. The molecule has 0 spiro atoms. The third kappa shape index (κ3) is 4.26. The summed E-state index contributed by atoms with van der Waals surface area (Å²) in [5.74, 6) is 0.847. The minimum atomic E-state index is -0.477. The molecule has 22 heavy (non-hydrogen) atoms. The van der Waals surface area contributed by atoms with Crippen LogP contribution in [0.15, 0.2) is 16.7 Å². The number of aromatic nitrogens is 1. The van der Waals surface area contributed by atoms with E-state index in [1.807, 2.05) is 33.8 Å². The van der Waals surface area contributed by atoms with Crippen molar-refractivity contribution in [3.63, 3.8) is 0 Å². The summed E-state index contributed by atoms with van der Waals surface area (Å²) in [6, 6.07) is 1.88. The molecule has 1 aliphatic rings. The van der Waals surface area contributed by atoms with Gasteiger partial charge in [0.25, 0.3) is 0 Å². The van der Waals surface area contributed by atoms with Gasteiger partial charge in [0.2, 0.25) is 0 Å². The van der Waals surface area contributed by atoms with Crippen LogP contribution in [0.25, 0.3) is 0 Å². The second kappa shape index (κ2) is 6.62. The van der Waals surface area contributed by atoms with Crippen LogP contribution in [-0.2, 0) is 4.74 Å². The van der Waals surface area contributed by atoms with E-state index in [9.17, 15) is 4.79 Å². The lowest BCUT2D eigenvalue weighted by molar-refractivity contribution is 0.0158. The normalized spacial score (nSPS) is 19.3. The molecule has 2 heterocycles. The maximum absolute atomic E-state index is 12.2. The first-order valence-electron chi connectivity index (χ1n) is 7.23. The molecule has 1 atom stereocenters. The number of piperazine rings is 1. The number of hydrogen-bond donors (Lipinski definition) is 0. The minimum Gasteiger partial charge on any atom is -0.444 e. The molecule has 1 amide bonds. The summed E-state index contributed by atoms with van der Waals surface area (Å²) >= 11 is 9.42. The van der Waals surface area contributed by atoms with Crippen molar-refractivity contribution < 1.29 is 9.53 Å². The van der Waals surface area contributed by atoms with Gasteiger partial charge in [0.05, 0.1) is 9.50 Å². The van der Waals surface area contributed by atoms with E-state index in [0.29, 0.717) is 24.7 Å². The summed E-state index contributed by atoms with van der Waals surface area (Å²) in [6.45, 7) is 9.65. The third-order valence-electron chi connectivity index (χ3n) is 3.34. The summed E-state index contributed by atoms with van der Waals surface area (Å²) in [7, 11) is 0. The van der Waals surface area contributed by atoms with Crippen molar-refractivity contribution in [2.24, 2.45) is 0 Å². The fourth-order valence-electron chi connectivity index (χ4n) is 2.38. The van der Waals surface area contributed by atoms with Gasteiger partial charge in [0.1, 0.15) is 11.4 Å². The highest BCUT2D eigenvalue weighted by Crippen LogP contribution is 2.28. The van der Waals surface area contributed by atoms with Crippen LogP contribution in [0.5, 0.6) is 0 Å². The Balaban J connectivity index is 2.05. The topological polar surface area (TPSA) is 45.7 Å². The van der Waals surface area contributed by atoms with Gasteiger partial charge in [-0.15, -0.1) is 0 Å². The first-order chi connectivity index (χ1) is 10.2. The molecule has 0 aromatic carbocycles. The van der Waals surface area contributed by atoms with E-state index in [1.165, 1.54) is 0 Å². The molecule has 0 saturated carbocycles. The van der Waals surface area contributed by atoms with E-state index in [-0.39, 0.29) is 12.1 Å². The lowest BCUT2D eigenvalue weighted by atomic mass is 10.2. The fraction of sp³-hybridized carbons (Fsp3) is 0.600. The molecule has 0 aliphatic carbocycles. The van der Waals surface area contributed by atoms with Gasteiger partial charge >= 0.3 is 6.09 Å². The molecule has 5 nitrogen and oxygen atoms in total. The zero-order valence-electron chi connectivity index (χ0n) is 13.3. The van der Waals surface area contributed by atoms with Crippen LogP contribution in [0.2, 0.25) is 5.02 Å². The number of halogens is 2. The zero-order valence-corrected chi connectivity index (χ0v) is 15.6. The Morgan fingerprint density at radius 1 is 1.45 bits per heavy atom. The van der Waals surface area contributed by atoms with E-state index in [2.05, 4.69) is 25.8 Å². The SMILES string of the molecule is C[C@H]1CN(c2ncc(Cl)cc2Br)CCN1C(=O)OC(C)(C)C. The maximum atomic E-state index is 12.2. The van der Waals surface area contributed by atoms with Gasteiger partial charge in [-0.2, -0.15) is 0 Å². The number of pyridine rings is 1. The van der Waals surface area contributed by atoms with E-state index in [0.717, 1.165) is 10.3 Å². The highest BCUT2D eigenvalue weighted by molar-refractivity contribution is 9.10. The summed E-state index contributed by atoms with van der Waals surface area (Å²) in [5, 5.41) is 0.594. The molecule has 1 aromatic rings. The number of amides is 1. The number of carbonyl (C=O) groups is 1. The molecule has 122 valence electrons. The van der Waals surface area contributed by atoms with Gasteiger partial charge in [-0.3, -0.25) is 0 Å². The summed E-state index contributed by atoms with van der Waals surface area (Å²) in [4.78, 5) is 20.5. The van der Waals surface area contributed by atoms with Crippen LogP contribution in [0.3, 0.4) is 0 Å². The van der Waals surface area contributed by atoms with Crippen molar-refractivity contribution in [2.75, 3.05) is 24.5 Å². The smallest absolute Gasteiger partial charge is 0.410 e. The first-order valence-corrected chi connectivity index (χ1v) is 8.40. The van der Waals surface area contributed by atoms with Crippen LogP contribution in [0.4, 0.5) is 10.6 Å². The maximum Gasteiger partial charge on any atom is 0.410 e. The van der Waals surface area contributed by atoms with Crippen molar-refractivity contribution in [1.29, 1.82) is 0 Å². The molecule has 0 radical (unpaired) electrons. The minimum absolute atomic E-state index is 0.0491. The Kier molecular flexibility index (Phi) is 5.22. The van der Waals surface area contributed by atoms with Crippen LogP contribution in [-0.4, -0.2) is 47.3 Å². The molecule has 1 saturated heterocycles.